The minimum Gasteiger partial charge on any atom is -0.351 e. The number of halogens is 3. The van der Waals surface area contributed by atoms with Gasteiger partial charge < -0.3 is 5.32 Å². The van der Waals surface area contributed by atoms with Gasteiger partial charge in [0.1, 0.15) is 0 Å². The van der Waals surface area contributed by atoms with E-state index in [0.29, 0.717) is 11.8 Å². The first-order valence-electron chi connectivity index (χ1n) is 10.7. The van der Waals surface area contributed by atoms with E-state index in [1.54, 1.807) is 6.08 Å². The minimum atomic E-state index is -4.63. The summed E-state index contributed by atoms with van der Waals surface area (Å²) in [5, 5.41) is 2.93. The van der Waals surface area contributed by atoms with Crippen molar-refractivity contribution >= 4 is 15.9 Å². The van der Waals surface area contributed by atoms with Crippen molar-refractivity contribution in [3.05, 3.63) is 77.0 Å². The Morgan fingerprint density at radius 3 is 2.41 bits per heavy atom. The molecule has 0 unspecified atom stereocenters. The predicted octanol–water partition coefficient (Wildman–Crippen LogP) is 2.79. The summed E-state index contributed by atoms with van der Waals surface area (Å²) >= 11 is 0. The van der Waals surface area contributed by atoms with Crippen LogP contribution in [0.2, 0.25) is 0 Å². The molecule has 182 valence electrons. The molecular formula is C23H24F3N3O4S. The molecule has 0 spiro atoms. The van der Waals surface area contributed by atoms with Crippen LogP contribution < -0.4 is 10.8 Å². The summed E-state index contributed by atoms with van der Waals surface area (Å²) in [4.78, 5) is 17.0. The molecule has 2 aromatic rings. The lowest BCUT2D eigenvalue weighted by atomic mass is 10.1. The van der Waals surface area contributed by atoms with Gasteiger partial charge in [-0.1, -0.05) is 30.3 Å². The van der Waals surface area contributed by atoms with Crippen molar-refractivity contribution in [3.63, 3.8) is 0 Å². The Hall–Kier alpha value is -2.89. The van der Waals surface area contributed by atoms with E-state index in [0.717, 1.165) is 35.3 Å². The third-order valence-electron chi connectivity index (χ3n) is 5.79. The molecule has 1 heterocycles. The fraction of sp³-hybridized carbons (Fsp3) is 0.348. The van der Waals surface area contributed by atoms with Crippen LogP contribution in [0.3, 0.4) is 0 Å². The molecule has 0 fully saturated rings. The molecule has 1 aliphatic heterocycles. The van der Waals surface area contributed by atoms with Crippen molar-refractivity contribution in [2.24, 2.45) is 0 Å². The zero-order valence-corrected chi connectivity index (χ0v) is 19.0. The zero-order valence-electron chi connectivity index (χ0n) is 18.1. The zero-order chi connectivity index (χ0) is 24.3. The quantitative estimate of drug-likeness (QED) is 0.577. The van der Waals surface area contributed by atoms with Crippen molar-refractivity contribution in [1.82, 2.24) is 15.1 Å². The van der Waals surface area contributed by atoms with Crippen molar-refractivity contribution < 1.29 is 31.2 Å². The maximum atomic E-state index is 12.9. The van der Waals surface area contributed by atoms with Crippen molar-refractivity contribution in [1.29, 1.82) is 0 Å². The van der Waals surface area contributed by atoms with E-state index in [2.05, 4.69) is 10.8 Å². The second kappa shape index (κ2) is 9.77. The maximum Gasteiger partial charge on any atom is 0.416 e. The number of carbonyl (C=O) groups is 1. The van der Waals surface area contributed by atoms with Gasteiger partial charge in [0.15, 0.2) is 6.61 Å². The first kappa shape index (κ1) is 24.2. The number of sulfonamides is 1. The number of fused-ring (bicyclic) bond motifs is 1. The van der Waals surface area contributed by atoms with Crippen LogP contribution >= 0.6 is 0 Å². The molecule has 0 saturated carbocycles. The average Bonchev–Trinajstić information content (AvgIpc) is 3.21. The number of nitrogens with zero attached hydrogens (tertiary/aromatic N) is 1. The van der Waals surface area contributed by atoms with Gasteiger partial charge in [0.25, 0.3) is 0 Å². The summed E-state index contributed by atoms with van der Waals surface area (Å²) in [5.41, 5.74) is 4.69. The van der Waals surface area contributed by atoms with Crippen LogP contribution in [0.1, 0.15) is 23.1 Å². The van der Waals surface area contributed by atoms with Crippen LogP contribution in [0.4, 0.5) is 13.2 Å². The molecule has 7 nitrogen and oxygen atoms in total. The Kier molecular flexibility index (Phi) is 6.96. The van der Waals surface area contributed by atoms with Gasteiger partial charge in [-0.05, 0) is 48.2 Å². The molecule has 34 heavy (non-hydrogen) atoms. The summed E-state index contributed by atoms with van der Waals surface area (Å²) < 4.78 is 65.4. The lowest BCUT2D eigenvalue weighted by molar-refractivity contribution is -0.137. The molecule has 11 heteroatoms. The minimum absolute atomic E-state index is 0.0250. The normalized spacial score (nSPS) is 17.2. The highest BCUT2D eigenvalue weighted by Gasteiger charge is 2.33. The van der Waals surface area contributed by atoms with Gasteiger partial charge in [-0.3, -0.25) is 15.1 Å². The van der Waals surface area contributed by atoms with Gasteiger partial charge in [-0.2, -0.15) is 17.5 Å². The van der Waals surface area contributed by atoms with Crippen LogP contribution in [0.15, 0.2) is 65.2 Å². The van der Waals surface area contributed by atoms with E-state index in [9.17, 15) is 26.4 Å². The Bertz CT molecular complexity index is 1170. The largest absolute Gasteiger partial charge is 0.416 e. The lowest BCUT2D eigenvalue weighted by Crippen LogP contribution is -2.40. The Labute approximate surface area is 195 Å². The second-order valence-electron chi connectivity index (χ2n) is 8.20. The second-order valence-corrected chi connectivity index (χ2v) is 10.1. The molecule has 4 rings (SSSR count). The lowest BCUT2D eigenvalue weighted by Gasteiger charge is -2.26. The van der Waals surface area contributed by atoms with E-state index in [4.69, 9.17) is 4.84 Å². The van der Waals surface area contributed by atoms with Crippen LogP contribution in [0.25, 0.3) is 0 Å². The van der Waals surface area contributed by atoms with Crippen molar-refractivity contribution in [3.8, 4) is 0 Å². The van der Waals surface area contributed by atoms with E-state index in [-0.39, 0.29) is 38.1 Å². The molecule has 0 atom stereocenters. The van der Waals surface area contributed by atoms with Gasteiger partial charge in [0.2, 0.25) is 15.9 Å². The molecule has 1 aliphatic carbocycles. The standard InChI is InChI=1S/C23H24F3N3O4S/c24-23(25,26)18-6-3-7-21(14-18)34(31,32)29-10-8-19(9-11-29)28-33-15-22(30)27-20-12-16-4-1-2-5-17(16)13-20/h1-8,14,20,28H,9-13,15H2,(H,27,30). The van der Waals surface area contributed by atoms with Crippen LogP contribution in [0.5, 0.6) is 0 Å². The summed E-state index contributed by atoms with van der Waals surface area (Å²) in [6.45, 7) is -0.180. The molecule has 0 radical (unpaired) electrons. The molecular weight excluding hydrogens is 471 g/mol. The number of hydrogen-bond donors (Lipinski definition) is 2. The van der Waals surface area contributed by atoms with Gasteiger partial charge in [-0.25, -0.2) is 8.42 Å². The van der Waals surface area contributed by atoms with Gasteiger partial charge in [0.05, 0.1) is 10.5 Å². The fourth-order valence-electron chi connectivity index (χ4n) is 4.07. The Balaban J connectivity index is 1.25. The Morgan fingerprint density at radius 1 is 1.09 bits per heavy atom. The van der Waals surface area contributed by atoms with Crippen LogP contribution in [-0.2, 0) is 38.7 Å². The number of amides is 1. The maximum absolute atomic E-state index is 12.9. The highest BCUT2D eigenvalue weighted by molar-refractivity contribution is 7.89. The van der Waals surface area contributed by atoms with E-state index < -0.39 is 26.7 Å². The summed E-state index contributed by atoms with van der Waals surface area (Å²) in [6, 6.07) is 11.8. The number of hydrogen-bond acceptors (Lipinski definition) is 5. The van der Waals surface area contributed by atoms with Crippen LogP contribution in [0, 0.1) is 0 Å². The predicted molar refractivity (Wildman–Crippen MR) is 118 cm³/mol. The first-order chi connectivity index (χ1) is 16.1. The number of carbonyl (C=O) groups excluding carboxylic acids is 1. The summed E-state index contributed by atoms with van der Waals surface area (Å²) in [5.74, 6) is -0.268. The SMILES string of the molecule is O=C(CONC1=CCN(S(=O)(=O)c2cccc(C(F)(F)F)c2)CC1)NC1Cc2ccccc2C1. The highest BCUT2D eigenvalue weighted by Crippen LogP contribution is 2.31. The van der Waals surface area contributed by atoms with Gasteiger partial charge >= 0.3 is 6.18 Å². The highest BCUT2D eigenvalue weighted by atomic mass is 32.2. The number of alkyl halides is 3. The van der Waals surface area contributed by atoms with Crippen molar-refractivity contribution in [2.75, 3.05) is 19.7 Å². The molecule has 2 N–H and O–H groups in total. The summed E-state index contributed by atoms with van der Waals surface area (Å²) in [7, 11) is -4.08. The topological polar surface area (TPSA) is 87.7 Å². The van der Waals surface area contributed by atoms with Crippen molar-refractivity contribution in [2.45, 2.75) is 36.4 Å². The van der Waals surface area contributed by atoms with E-state index in [1.165, 1.54) is 11.1 Å². The fourth-order valence-corrected chi connectivity index (χ4v) is 5.50. The van der Waals surface area contributed by atoms with E-state index >= 15 is 0 Å². The van der Waals surface area contributed by atoms with Crippen LogP contribution in [-0.4, -0.2) is 44.4 Å². The molecule has 0 saturated heterocycles. The first-order valence-corrected chi connectivity index (χ1v) is 12.2. The third-order valence-corrected chi connectivity index (χ3v) is 7.65. The number of rotatable bonds is 7. The number of benzene rings is 2. The Morgan fingerprint density at radius 2 is 1.79 bits per heavy atom. The molecule has 0 aromatic heterocycles. The molecule has 2 aliphatic rings. The van der Waals surface area contributed by atoms with Gasteiger partial charge in [-0.15, -0.1) is 0 Å². The average molecular weight is 496 g/mol. The molecule has 1 amide bonds. The smallest absolute Gasteiger partial charge is 0.351 e. The van der Waals surface area contributed by atoms with Gasteiger partial charge in [0, 0.05) is 31.2 Å². The number of nitrogens with one attached hydrogen (secondary N) is 2. The summed E-state index contributed by atoms with van der Waals surface area (Å²) in [6.07, 6.45) is -1.25. The van der Waals surface area contributed by atoms with E-state index in [1.807, 2.05) is 24.3 Å². The molecule has 2 aromatic carbocycles. The molecule has 0 bridgehead atoms. The third kappa shape index (κ3) is 5.60. The monoisotopic (exact) mass is 495 g/mol. The number of hydroxylamine groups is 1.